The van der Waals surface area contributed by atoms with Gasteiger partial charge in [0.05, 0.1) is 5.60 Å². The summed E-state index contributed by atoms with van der Waals surface area (Å²) in [5, 5.41) is 9.62. The Morgan fingerprint density at radius 1 is 1.00 bits per heavy atom. The van der Waals surface area contributed by atoms with E-state index in [1.807, 2.05) is 13.8 Å². The quantitative estimate of drug-likeness (QED) is 0.599. The number of hydrogen-bond donors (Lipinski definition) is 1. The molecule has 0 heterocycles. The van der Waals surface area contributed by atoms with Crippen molar-refractivity contribution in [3.63, 3.8) is 0 Å². The zero-order valence-electron chi connectivity index (χ0n) is 8.02. The molecule has 0 spiro atoms. The first-order valence-electron chi connectivity index (χ1n) is 3.88. The summed E-state index contributed by atoms with van der Waals surface area (Å²) in [6.45, 7) is 12.3. The molecule has 0 saturated carbocycles. The zero-order valence-corrected chi connectivity index (χ0v) is 8.02. The van der Waals surface area contributed by atoms with Crippen LogP contribution < -0.4 is 0 Å². The van der Waals surface area contributed by atoms with Gasteiger partial charge in [0.15, 0.2) is 0 Å². The molecule has 0 unspecified atom stereocenters. The third-order valence-corrected chi connectivity index (χ3v) is 2.36. The van der Waals surface area contributed by atoms with Crippen LogP contribution in [0, 0.1) is 11.3 Å². The van der Waals surface area contributed by atoms with Gasteiger partial charge in [-0.3, -0.25) is 0 Å². The van der Waals surface area contributed by atoms with Gasteiger partial charge in [0.1, 0.15) is 0 Å². The number of aliphatic hydroxyl groups is 1. The summed E-state index contributed by atoms with van der Waals surface area (Å²) >= 11 is 0. The Hall–Kier alpha value is -0.0400. The minimum atomic E-state index is -0.557. The second kappa shape index (κ2) is 2.54. The van der Waals surface area contributed by atoms with Crippen LogP contribution in [0.3, 0.4) is 0 Å². The molecular formula is C9H20O. The monoisotopic (exact) mass is 144 g/mol. The van der Waals surface area contributed by atoms with Crippen LogP contribution in [0.2, 0.25) is 0 Å². The van der Waals surface area contributed by atoms with Gasteiger partial charge in [0.25, 0.3) is 0 Å². The van der Waals surface area contributed by atoms with E-state index in [1.54, 1.807) is 0 Å². The summed E-state index contributed by atoms with van der Waals surface area (Å²) in [7, 11) is 0. The molecular weight excluding hydrogens is 124 g/mol. The highest BCUT2D eigenvalue weighted by Gasteiger charge is 2.32. The molecule has 0 saturated heterocycles. The second-order valence-corrected chi connectivity index (χ2v) is 4.74. The molecule has 0 aliphatic carbocycles. The third-order valence-electron chi connectivity index (χ3n) is 2.36. The van der Waals surface area contributed by atoms with E-state index in [-0.39, 0.29) is 5.41 Å². The predicted octanol–water partition coefficient (Wildman–Crippen LogP) is 2.44. The Bertz CT molecular complexity index is 88.9. The van der Waals surface area contributed by atoms with E-state index >= 15 is 0 Å². The largest absolute Gasteiger partial charge is 0.390 e. The Balaban J connectivity index is 4.23. The topological polar surface area (TPSA) is 20.2 Å². The van der Waals surface area contributed by atoms with Crippen LogP contribution in [0.5, 0.6) is 0 Å². The molecule has 0 amide bonds. The molecule has 1 atom stereocenters. The first-order valence-corrected chi connectivity index (χ1v) is 3.88. The molecule has 0 bridgehead atoms. The van der Waals surface area contributed by atoms with Gasteiger partial charge in [-0.15, -0.1) is 0 Å². The average Bonchev–Trinajstić information content (AvgIpc) is 1.59. The van der Waals surface area contributed by atoms with Crippen molar-refractivity contribution < 1.29 is 5.11 Å². The van der Waals surface area contributed by atoms with Gasteiger partial charge in [-0.25, -0.2) is 0 Å². The maximum Gasteiger partial charge on any atom is 0.0622 e. The van der Waals surface area contributed by atoms with Crippen LogP contribution in [0.4, 0.5) is 0 Å². The van der Waals surface area contributed by atoms with Crippen molar-refractivity contribution in [3.05, 3.63) is 0 Å². The zero-order chi connectivity index (χ0) is 8.58. The normalized spacial score (nSPS) is 17.1. The van der Waals surface area contributed by atoms with Crippen molar-refractivity contribution in [2.45, 2.75) is 47.1 Å². The summed E-state index contributed by atoms with van der Waals surface area (Å²) in [6.07, 6.45) is 0. The maximum absolute atomic E-state index is 9.62. The highest BCUT2D eigenvalue weighted by atomic mass is 16.3. The molecule has 0 fully saturated rings. The van der Waals surface area contributed by atoms with Gasteiger partial charge in [-0.2, -0.15) is 0 Å². The molecule has 10 heavy (non-hydrogen) atoms. The van der Waals surface area contributed by atoms with Gasteiger partial charge in [0, 0.05) is 0 Å². The molecule has 1 nitrogen and oxygen atoms in total. The van der Waals surface area contributed by atoms with Gasteiger partial charge >= 0.3 is 0 Å². The molecule has 0 aromatic heterocycles. The van der Waals surface area contributed by atoms with Crippen molar-refractivity contribution in [2.24, 2.45) is 11.3 Å². The highest BCUT2D eigenvalue weighted by molar-refractivity contribution is 4.82. The summed E-state index contributed by atoms with van der Waals surface area (Å²) < 4.78 is 0. The van der Waals surface area contributed by atoms with Gasteiger partial charge in [-0.1, -0.05) is 27.7 Å². The van der Waals surface area contributed by atoms with E-state index < -0.39 is 5.60 Å². The lowest BCUT2D eigenvalue weighted by Crippen LogP contribution is -2.37. The lowest BCUT2D eigenvalue weighted by molar-refractivity contribution is -0.0227. The van der Waals surface area contributed by atoms with Gasteiger partial charge in [0.2, 0.25) is 0 Å². The van der Waals surface area contributed by atoms with E-state index in [1.165, 1.54) is 0 Å². The first kappa shape index (κ1) is 9.96. The summed E-state index contributed by atoms with van der Waals surface area (Å²) in [4.78, 5) is 0. The SMILES string of the molecule is C[C@@H](C(C)(C)C)C(C)(C)O. The van der Waals surface area contributed by atoms with Gasteiger partial charge < -0.3 is 5.11 Å². The number of rotatable bonds is 1. The Kier molecular flexibility index (Phi) is 2.53. The molecule has 0 aliphatic rings. The molecule has 0 aromatic carbocycles. The van der Waals surface area contributed by atoms with Crippen molar-refractivity contribution in [3.8, 4) is 0 Å². The maximum atomic E-state index is 9.62. The molecule has 0 radical (unpaired) electrons. The highest BCUT2D eigenvalue weighted by Crippen LogP contribution is 2.33. The summed E-state index contributed by atoms with van der Waals surface area (Å²) in [5.41, 5.74) is -0.365. The fraction of sp³-hybridized carbons (Fsp3) is 1.00. The van der Waals surface area contributed by atoms with E-state index in [0.29, 0.717) is 5.92 Å². The standard InChI is InChI=1S/C9H20O/c1-7(8(2,3)4)9(5,6)10/h7,10H,1-6H3/t7-/m0/s1. The summed E-state index contributed by atoms with van der Waals surface area (Å²) in [6, 6.07) is 0. The molecule has 0 aliphatic heterocycles. The van der Waals surface area contributed by atoms with Crippen molar-refractivity contribution in [1.29, 1.82) is 0 Å². The number of hydrogen-bond acceptors (Lipinski definition) is 1. The molecule has 0 aromatic rings. The Morgan fingerprint density at radius 2 is 1.30 bits per heavy atom. The Labute approximate surface area is 64.5 Å². The minimum absolute atomic E-state index is 0.193. The lowest BCUT2D eigenvalue weighted by atomic mass is 9.73. The third kappa shape index (κ3) is 2.70. The van der Waals surface area contributed by atoms with Crippen LogP contribution in [-0.2, 0) is 0 Å². The molecule has 62 valence electrons. The van der Waals surface area contributed by atoms with Crippen molar-refractivity contribution >= 4 is 0 Å². The predicted molar refractivity (Wildman–Crippen MR) is 44.9 cm³/mol. The van der Waals surface area contributed by atoms with E-state index in [2.05, 4.69) is 27.7 Å². The van der Waals surface area contributed by atoms with Crippen LogP contribution in [0.1, 0.15) is 41.5 Å². The molecule has 0 rings (SSSR count). The van der Waals surface area contributed by atoms with Crippen LogP contribution in [0.15, 0.2) is 0 Å². The lowest BCUT2D eigenvalue weighted by Gasteiger charge is -2.36. The minimum Gasteiger partial charge on any atom is -0.390 e. The molecule has 1 N–H and O–H groups in total. The average molecular weight is 144 g/mol. The van der Waals surface area contributed by atoms with Gasteiger partial charge in [-0.05, 0) is 25.2 Å². The molecule has 1 heteroatoms. The van der Waals surface area contributed by atoms with Crippen LogP contribution >= 0.6 is 0 Å². The van der Waals surface area contributed by atoms with Crippen molar-refractivity contribution in [2.75, 3.05) is 0 Å². The second-order valence-electron chi connectivity index (χ2n) is 4.74. The van der Waals surface area contributed by atoms with Crippen LogP contribution in [0.25, 0.3) is 0 Å². The van der Waals surface area contributed by atoms with Crippen LogP contribution in [-0.4, -0.2) is 10.7 Å². The van der Waals surface area contributed by atoms with E-state index in [9.17, 15) is 5.11 Å². The Morgan fingerprint density at radius 3 is 1.30 bits per heavy atom. The van der Waals surface area contributed by atoms with Crippen molar-refractivity contribution in [1.82, 2.24) is 0 Å². The fourth-order valence-corrected chi connectivity index (χ4v) is 1.06. The smallest absolute Gasteiger partial charge is 0.0622 e. The fourth-order valence-electron chi connectivity index (χ4n) is 1.06. The van der Waals surface area contributed by atoms with E-state index in [4.69, 9.17) is 0 Å². The first-order chi connectivity index (χ1) is 4.15. The van der Waals surface area contributed by atoms with E-state index in [0.717, 1.165) is 0 Å². The summed E-state index contributed by atoms with van der Waals surface area (Å²) in [5.74, 6) is 0.319.